The molecule has 0 radical (unpaired) electrons. The molecule has 0 bridgehead atoms. The third-order valence-electron chi connectivity index (χ3n) is 2.07. The minimum atomic E-state index is -4.72. The first kappa shape index (κ1) is 13.8. The van der Waals surface area contributed by atoms with E-state index in [9.17, 15) is 18.0 Å². The van der Waals surface area contributed by atoms with Crippen LogP contribution in [0.2, 0.25) is 0 Å². The van der Waals surface area contributed by atoms with Gasteiger partial charge < -0.3 is 9.84 Å². The number of halogens is 3. The van der Waals surface area contributed by atoms with E-state index in [2.05, 4.69) is 0 Å². The van der Waals surface area contributed by atoms with Gasteiger partial charge in [0.2, 0.25) is 0 Å². The van der Waals surface area contributed by atoms with E-state index in [-0.39, 0.29) is 5.56 Å². The van der Waals surface area contributed by atoms with Crippen LogP contribution >= 0.6 is 0 Å². The van der Waals surface area contributed by atoms with E-state index in [0.29, 0.717) is 6.07 Å². The second kappa shape index (κ2) is 4.96. The molecular weight excluding hydrogens is 251 g/mol. The molecular formula is C11H8F3NO3. The lowest BCUT2D eigenvalue weighted by molar-refractivity contribution is -0.147. The molecule has 0 fully saturated rings. The summed E-state index contributed by atoms with van der Waals surface area (Å²) in [7, 11) is 0. The summed E-state index contributed by atoms with van der Waals surface area (Å²) >= 11 is 0. The Balaban J connectivity index is 3.20. The van der Waals surface area contributed by atoms with Crippen molar-refractivity contribution in [3.8, 4) is 11.8 Å². The Morgan fingerprint density at radius 2 is 2.11 bits per heavy atom. The number of aliphatic carboxylic acids is 1. The standard InChI is InChI=1S/C11H8F3NO3/c1-6(10(16)17)18-9-3-2-7(5-15)4-8(9)11(12,13)14/h2-4,6H,1H3,(H,16,17)/t6-/m1/s1. The van der Waals surface area contributed by atoms with Crippen LogP contribution in [0.15, 0.2) is 18.2 Å². The van der Waals surface area contributed by atoms with Gasteiger partial charge in [0, 0.05) is 0 Å². The molecule has 0 saturated heterocycles. The van der Waals surface area contributed by atoms with Crippen LogP contribution in [0.5, 0.6) is 5.75 Å². The molecule has 0 aliphatic heterocycles. The highest BCUT2D eigenvalue weighted by atomic mass is 19.4. The normalized spacial score (nSPS) is 12.6. The monoisotopic (exact) mass is 259 g/mol. The smallest absolute Gasteiger partial charge is 0.420 e. The van der Waals surface area contributed by atoms with Gasteiger partial charge in [-0.3, -0.25) is 0 Å². The van der Waals surface area contributed by atoms with Crippen molar-refractivity contribution in [1.29, 1.82) is 5.26 Å². The van der Waals surface area contributed by atoms with Gasteiger partial charge in [-0.1, -0.05) is 0 Å². The molecule has 1 aromatic carbocycles. The second-order valence-electron chi connectivity index (χ2n) is 3.42. The maximum atomic E-state index is 12.7. The highest BCUT2D eigenvalue weighted by Gasteiger charge is 2.35. The van der Waals surface area contributed by atoms with Crippen molar-refractivity contribution in [2.75, 3.05) is 0 Å². The van der Waals surface area contributed by atoms with Crippen LogP contribution in [0.1, 0.15) is 18.1 Å². The van der Waals surface area contributed by atoms with E-state index in [4.69, 9.17) is 15.1 Å². The van der Waals surface area contributed by atoms with Crippen molar-refractivity contribution < 1.29 is 27.8 Å². The molecule has 0 spiro atoms. The van der Waals surface area contributed by atoms with Gasteiger partial charge in [-0.2, -0.15) is 18.4 Å². The first-order valence-corrected chi connectivity index (χ1v) is 4.76. The zero-order valence-corrected chi connectivity index (χ0v) is 9.15. The fourth-order valence-corrected chi connectivity index (χ4v) is 1.16. The molecule has 0 unspecified atom stereocenters. The number of ether oxygens (including phenoxy) is 1. The number of benzene rings is 1. The van der Waals surface area contributed by atoms with Gasteiger partial charge in [-0.15, -0.1) is 0 Å². The lowest BCUT2D eigenvalue weighted by Crippen LogP contribution is -2.24. The summed E-state index contributed by atoms with van der Waals surface area (Å²) in [6, 6.07) is 4.24. The van der Waals surface area contributed by atoms with Gasteiger partial charge in [-0.05, 0) is 25.1 Å². The molecule has 96 valence electrons. The third-order valence-corrected chi connectivity index (χ3v) is 2.07. The van der Waals surface area contributed by atoms with E-state index in [1.807, 2.05) is 0 Å². The van der Waals surface area contributed by atoms with Crippen molar-refractivity contribution in [1.82, 2.24) is 0 Å². The topological polar surface area (TPSA) is 70.3 Å². The minimum Gasteiger partial charge on any atom is -0.479 e. The summed E-state index contributed by atoms with van der Waals surface area (Å²) in [5.74, 6) is -2.00. The highest BCUT2D eigenvalue weighted by Crippen LogP contribution is 2.37. The fourth-order valence-electron chi connectivity index (χ4n) is 1.16. The number of nitriles is 1. The maximum Gasteiger partial charge on any atom is 0.420 e. The molecule has 0 aliphatic carbocycles. The number of rotatable bonds is 3. The van der Waals surface area contributed by atoms with Gasteiger partial charge in [0.05, 0.1) is 17.2 Å². The predicted octanol–water partition coefficient (Wildman–Crippen LogP) is 2.43. The van der Waals surface area contributed by atoms with Crippen molar-refractivity contribution in [2.24, 2.45) is 0 Å². The Morgan fingerprint density at radius 3 is 2.56 bits per heavy atom. The summed E-state index contributed by atoms with van der Waals surface area (Å²) in [6.07, 6.45) is -6.14. The SMILES string of the molecule is C[C@@H](Oc1ccc(C#N)cc1C(F)(F)F)C(=O)O. The minimum absolute atomic E-state index is 0.183. The Hall–Kier alpha value is -2.23. The van der Waals surface area contributed by atoms with Crippen LogP contribution < -0.4 is 4.74 Å². The fraction of sp³-hybridized carbons (Fsp3) is 0.273. The number of nitrogens with zero attached hydrogens (tertiary/aromatic N) is 1. The first-order valence-electron chi connectivity index (χ1n) is 4.76. The van der Waals surface area contributed by atoms with Gasteiger partial charge in [0.25, 0.3) is 0 Å². The Morgan fingerprint density at radius 1 is 1.50 bits per heavy atom. The zero-order valence-electron chi connectivity index (χ0n) is 9.15. The summed E-state index contributed by atoms with van der Waals surface area (Å²) in [5, 5.41) is 17.1. The van der Waals surface area contributed by atoms with E-state index < -0.39 is 29.6 Å². The van der Waals surface area contributed by atoms with Gasteiger partial charge in [-0.25, -0.2) is 4.79 Å². The van der Waals surface area contributed by atoms with Crippen LogP contribution in [0, 0.1) is 11.3 Å². The van der Waals surface area contributed by atoms with Crippen molar-refractivity contribution in [2.45, 2.75) is 19.2 Å². The number of carbonyl (C=O) groups is 1. The number of hydrogen-bond donors (Lipinski definition) is 1. The Kier molecular flexibility index (Phi) is 3.81. The molecule has 1 N–H and O–H groups in total. The van der Waals surface area contributed by atoms with Crippen LogP contribution in [-0.4, -0.2) is 17.2 Å². The lowest BCUT2D eigenvalue weighted by Gasteiger charge is -2.16. The quantitative estimate of drug-likeness (QED) is 0.904. The molecule has 0 aliphatic rings. The van der Waals surface area contributed by atoms with Crippen LogP contribution in [0.4, 0.5) is 13.2 Å². The van der Waals surface area contributed by atoms with E-state index in [0.717, 1.165) is 19.1 Å². The van der Waals surface area contributed by atoms with E-state index in [1.165, 1.54) is 0 Å². The summed E-state index contributed by atoms with van der Waals surface area (Å²) in [4.78, 5) is 10.5. The van der Waals surface area contributed by atoms with Gasteiger partial charge in [0.15, 0.2) is 6.10 Å². The lowest BCUT2D eigenvalue weighted by atomic mass is 10.1. The average Bonchev–Trinajstić information content (AvgIpc) is 2.27. The molecule has 1 rings (SSSR count). The molecule has 18 heavy (non-hydrogen) atoms. The third kappa shape index (κ3) is 3.13. The molecule has 0 heterocycles. The molecule has 0 amide bonds. The van der Waals surface area contributed by atoms with Crippen LogP contribution in [-0.2, 0) is 11.0 Å². The first-order chi connectivity index (χ1) is 8.25. The van der Waals surface area contributed by atoms with Crippen molar-refractivity contribution in [3.63, 3.8) is 0 Å². The number of carboxylic acid groups (broad SMARTS) is 1. The summed E-state index contributed by atoms with van der Waals surface area (Å²) in [6.45, 7) is 1.11. The summed E-state index contributed by atoms with van der Waals surface area (Å²) < 4.78 is 42.7. The predicted molar refractivity (Wildman–Crippen MR) is 53.9 cm³/mol. The molecule has 0 aromatic heterocycles. The van der Waals surface area contributed by atoms with Crippen molar-refractivity contribution in [3.05, 3.63) is 29.3 Å². The van der Waals surface area contributed by atoms with Gasteiger partial charge in [0.1, 0.15) is 5.75 Å². The molecule has 4 nitrogen and oxygen atoms in total. The number of carboxylic acids is 1. The number of alkyl halides is 3. The van der Waals surface area contributed by atoms with Gasteiger partial charge >= 0.3 is 12.1 Å². The highest BCUT2D eigenvalue weighted by molar-refractivity contribution is 5.72. The Labute approximate surface area is 100 Å². The van der Waals surface area contributed by atoms with Crippen LogP contribution in [0.3, 0.4) is 0 Å². The van der Waals surface area contributed by atoms with Crippen molar-refractivity contribution >= 4 is 5.97 Å². The second-order valence-corrected chi connectivity index (χ2v) is 3.42. The number of hydrogen-bond acceptors (Lipinski definition) is 3. The zero-order chi connectivity index (χ0) is 13.9. The Bertz CT molecular complexity index is 505. The average molecular weight is 259 g/mol. The molecule has 7 heteroatoms. The largest absolute Gasteiger partial charge is 0.479 e. The maximum absolute atomic E-state index is 12.7. The van der Waals surface area contributed by atoms with Crippen LogP contribution in [0.25, 0.3) is 0 Å². The molecule has 1 aromatic rings. The van der Waals surface area contributed by atoms with E-state index in [1.54, 1.807) is 6.07 Å². The molecule has 1 atom stereocenters. The summed E-state index contributed by atoms with van der Waals surface area (Å²) in [5.41, 5.74) is -1.35. The molecule has 0 saturated carbocycles. The van der Waals surface area contributed by atoms with E-state index >= 15 is 0 Å².